The van der Waals surface area contributed by atoms with Crippen molar-refractivity contribution in [1.82, 2.24) is 4.90 Å². The first-order valence-corrected chi connectivity index (χ1v) is 9.76. The van der Waals surface area contributed by atoms with Crippen LogP contribution in [0.1, 0.15) is 31.4 Å². The zero-order valence-electron chi connectivity index (χ0n) is 16.7. The van der Waals surface area contributed by atoms with Crippen molar-refractivity contribution in [3.05, 3.63) is 59.2 Å². The zero-order chi connectivity index (χ0) is 21.3. The second-order valence-electron chi connectivity index (χ2n) is 7.65. The minimum absolute atomic E-state index is 0.0301. The molecule has 2 aromatic rings. The van der Waals surface area contributed by atoms with E-state index in [2.05, 4.69) is 5.16 Å². The second-order valence-corrected chi connectivity index (χ2v) is 7.65. The number of benzene rings is 2. The number of halogens is 2. The fourth-order valence-corrected chi connectivity index (χ4v) is 3.47. The van der Waals surface area contributed by atoms with E-state index in [1.165, 1.54) is 17.0 Å². The Kier molecular flexibility index (Phi) is 5.57. The molecule has 0 radical (unpaired) electrons. The monoisotopic (exact) mass is 416 g/mol. The molecular formula is C22H22F2N2O4. The molecule has 0 aliphatic carbocycles. The summed E-state index contributed by atoms with van der Waals surface area (Å²) < 4.78 is 38.1. The summed E-state index contributed by atoms with van der Waals surface area (Å²) in [6.07, 6.45) is 0.129. The van der Waals surface area contributed by atoms with Crippen molar-refractivity contribution in [1.29, 1.82) is 0 Å². The van der Waals surface area contributed by atoms with Gasteiger partial charge >= 0.3 is 0 Å². The predicted molar refractivity (Wildman–Crippen MR) is 105 cm³/mol. The average Bonchev–Trinajstić information content (AvgIpc) is 3.37. The van der Waals surface area contributed by atoms with Crippen molar-refractivity contribution in [3.8, 4) is 11.5 Å². The highest BCUT2D eigenvalue weighted by Crippen LogP contribution is 2.33. The SMILES string of the molecule is CC(C)C(=O)N(Cc1ccc(F)cc1F)C[C@@H]1CC(c2ccc3c(c2)OCO3)=NO1. The van der Waals surface area contributed by atoms with Gasteiger partial charge < -0.3 is 19.2 Å². The van der Waals surface area contributed by atoms with Crippen LogP contribution in [-0.2, 0) is 16.2 Å². The lowest BCUT2D eigenvalue weighted by molar-refractivity contribution is -0.137. The molecule has 0 aromatic heterocycles. The largest absolute Gasteiger partial charge is 0.454 e. The highest BCUT2D eigenvalue weighted by molar-refractivity contribution is 6.01. The van der Waals surface area contributed by atoms with Crippen molar-refractivity contribution in [2.24, 2.45) is 11.1 Å². The number of ether oxygens (including phenoxy) is 2. The fourth-order valence-electron chi connectivity index (χ4n) is 3.47. The van der Waals surface area contributed by atoms with E-state index in [1.54, 1.807) is 13.8 Å². The second kappa shape index (κ2) is 8.30. The smallest absolute Gasteiger partial charge is 0.231 e. The summed E-state index contributed by atoms with van der Waals surface area (Å²) in [5.41, 5.74) is 1.84. The van der Waals surface area contributed by atoms with Gasteiger partial charge in [-0.15, -0.1) is 0 Å². The molecule has 2 heterocycles. The molecular weight excluding hydrogens is 394 g/mol. The summed E-state index contributed by atoms with van der Waals surface area (Å²) in [6.45, 7) is 4.02. The van der Waals surface area contributed by atoms with Gasteiger partial charge in [0.05, 0.1) is 12.3 Å². The maximum atomic E-state index is 14.1. The van der Waals surface area contributed by atoms with E-state index in [-0.39, 0.29) is 43.4 Å². The number of oxime groups is 1. The zero-order valence-corrected chi connectivity index (χ0v) is 16.7. The molecule has 0 fully saturated rings. The highest BCUT2D eigenvalue weighted by Gasteiger charge is 2.29. The van der Waals surface area contributed by atoms with Crippen LogP contribution in [0.15, 0.2) is 41.6 Å². The standard InChI is InChI=1S/C22H22F2N2O4/c1-13(2)22(27)26(10-15-3-5-16(23)8-18(15)24)11-17-9-19(25-30-17)14-4-6-20-21(7-14)29-12-28-20/h3-8,13,17H,9-12H2,1-2H3/t17-/m0/s1. The molecule has 2 aromatic carbocycles. The Bertz CT molecular complexity index is 993. The summed E-state index contributed by atoms with van der Waals surface area (Å²) in [5.74, 6) is -0.407. The van der Waals surface area contributed by atoms with Gasteiger partial charge in [-0.05, 0) is 24.3 Å². The minimum atomic E-state index is -0.679. The van der Waals surface area contributed by atoms with Crippen molar-refractivity contribution in [2.45, 2.75) is 32.9 Å². The normalized spacial score (nSPS) is 17.1. The van der Waals surface area contributed by atoms with E-state index in [4.69, 9.17) is 14.3 Å². The van der Waals surface area contributed by atoms with E-state index < -0.39 is 11.6 Å². The minimum Gasteiger partial charge on any atom is -0.454 e. The summed E-state index contributed by atoms with van der Waals surface area (Å²) >= 11 is 0. The third-order valence-electron chi connectivity index (χ3n) is 5.04. The molecule has 0 bridgehead atoms. The van der Waals surface area contributed by atoms with Crippen LogP contribution >= 0.6 is 0 Å². The molecule has 1 atom stereocenters. The Balaban J connectivity index is 1.45. The molecule has 158 valence electrons. The van der Waals surface area contributed by atoms with Crippen LogP contribution in [0.3, 0.4) is 0 Å². The molecule has 0 saturated heterocycles. The van der Waals surface area contributed by atoms with Crippen LogP contribution in [0.4, 0.5) is 8.78 Å². The molecule has 30 heavy (non-hydrogen) atoms. The first kappa shape index (κ1) is 20.1. The molecule has 4 rings (SSSR count). The lowest BCUT2D eigenvalue weighted by Crippen LogP contribution is -2.39. The Morgan fingerprint density at radius 1 is 1.17 bits per heavy atom. The van der Waals surface area contributed by atoms with E-state index in [9.17, 15) is 13.6 Å². The van der Waals surface area contributed by atoms with Crippen LogP contribution in [0, 0.1) is 17.6 Å². The lowest BCUT2D eigenvalue weighted by Gasteiger charge is -2.26. The first-order chi connectivity index (χ1) is 14.4. The van der Waals surface area contributed by atoms with Gasteiger partial charge in [0.15, 0.2) is 17.6 Å². The van der Waals surface area contributed by atoms with Crippen LogP contribution < -0.4 is 9.47 Å². The summed E-state index contributed by atoms with van der Waals surface area (Å²) in [4.78, 5) is 19.8. The predicted octanol–water partition coefficient (Wildman–Crippen LogP) is 3.87. The topological polar surface area (TPSA) is 60.4 Å². The third-order valence-corrected chi connectivity index (χ3v) is 5.04. The molecule has 2 aliphatic rings. The Morgan fingerprint density at radius 3 is 2.73 bits per heavy atom. The summed E-state index contributed by atoms with van der Waals surface area (Å²) in [5, 5.41) is 4.16. The third kappa shape index (κ3) is 4.22. The van der Waals surface area contributed by atoms with Crippen LogP contribution in [0.5, 0.6) is 11.5 Å². The van der Waals surface area contributed by atoms with Gasteiger partial charge in [-0.25, -0.2) is 8.78 Å². The van der Waals surface area contributed by atoms with Gasteiger partial charge in [0.25, 0.3) is 0 Å². The van der Waals surface area contributed by atoms with Gasteiger partial charge in [-0.3, -0.25) is 4.79 Å². The first-order valence-electron chi connectivity index (χ1n) is 9.76. The Labute approximate surface area is 173 Å². The quantitative estimate of drug-likeness (QED) is 0.717. The molecule has 0 spiro atoms. The molecule has 1 amide bonds. The van der Waals surface area contributed by atoms with Gasteiger partial charge in [0.1, 0.15) is 11.6 Å². The lowest BCUT2D eigenvalue weighted by atomic mass is 10.0. The number of nitrogens with zero attached hydrogens (tertiary/aromatic N) is 2. The molecule has 0 N–H and O–H groups in total. The number of hydrogen-bond acceptors (Lipinski definition) is 5. The molecule has 0 unspecified atom stereocenters. The van der Waals surface area contributed by atoms with Crippen molar-refractivity contribution >= 4 is 11.6 Å². The van der Waals surface area contributed by atoms with Gasteiger partial charge in [0.2, 0.25) is 12.7 Å². The number of fused-ring (bicyclic) bond motifs is 1. The van der Waals surface area contributed by atoms with Crippen molar-refractivity contribution in [3.63, 3.8) is 0 Å². The maximum absolute atomic E-state index is 14.1. The van der Waals surface area contributed by atoms with Crippen LogP contribution in [0.2, 0.25) is 0 Å². The van der Waals surface area contributed by atoms with E-state index >= 15 is 0 Å². The number of carbonyl (C=O) groups is 1. The maximum Gasteiger partial charge on any atom is 0.231 e. The Morgan fingerprint density at radius 2 is 1.97 bits per heavy atom. The van der Waals surface area contributed by atoms with Gasteiger partial charge in [-0.1, -0.05) is 25.1 Å². The van der Waals surface area contributed by atoms with Crippen LogP contribution in [-0.4, -0.2) is 36.0 Å². The average molecular weight is 416 g/mol. The number of carbonyl (C=O) groups excluding carboxylic acids is 1. The molecule has 2 aliphatic heterocycles. The van der Waals surface area contributed by atoms with E-state index in [0.717, 1.165) is 17.3 Å². The van der Waals surface area contributed by atoms with Crippen LogP contribution in [0.25, 0.3) is 0 Å². The summed E-state index contributed by atoms with van der Waals surface area (Å²) in [6, 6.07) is 8.90. The Hall–Kier alpha value is -3.16. The highest BCUT2D eigenvalue weighted by atomic mass is 19.1. The van der Waals surface area contributed by atoms with Crippen molar-refractivity contribution in [2.75, 3.05) is 13.3 Å². The molecule has 8 heteroatoms. The molecule has 6 nitrogen and oxygen atoms in total. The number of hydrogen-bond donors (Lipinski definition) is 0. The van der Waals surface area contributed by atoms with E-state index in [1.807, 2.05) is 18.2 Å². The fraction of sp³-hybridized carbons (Fsp3) is 0.364. The van der Waals surface area contributed by atoms with Crippen molar-refractivity contribution < 1.29 is 27.9 Å². The number of rotatable bonds is 6. The summed E-state index contributed by atoms with van der Waals surface area (Å²) in [7, 11) is 0. The van der Waals surface area contributed by atoms with Gasteiger partial charge in [0, 0.05) is 36.1 Å². The van der Waals surface area contributed by atoms with Gasteiger partial charge in [-0.2, -0.15) is 0 Å². The molecule has 0 saturated carbocycles. The van der Waals surface area contributed by atoms with E-state index in [0.29, 0.717) is 17.9 Å². The number of amides is 1.